The molecule has 4 rings (SSSR count). The second-order valence-corrected chi connectivity index (χ2v) is 15.7. The first kappa shape index (κ1) is 55.2. The van der Waals surface area contributed by atoms with Crippen molar-refractivity contribution in [3.63, 3.8) is 0 Å². The molecule has 2 aliphatic rings. The fourth-order valence-electron chi connectivity index (χ4n) is 4.18. The first-order chi connectivity index (χ1) is 22.1. The van der Waals surface area contributed by atoms with E-state index in [1.807, 2.05) is 4.98 Å². The molecule has 0 radical (unpaired) electrons. The molecule has 26 nitrogen and oxygen atoms in total. The summed E-state index contributed by atoms with van der Waals surface area (Å²) in [5.74, 6) is -0.125. The van der Waals surface area contributed by atoms with E-state index in [0.29, 0.717) is 4.57 Å². The van der Waals surface area contributed by atoms with Crippen molar-refractivity contribution in [1.82, 2.24) is 19.1 Å². The number of phosphoric ester groups is 2. The molecule has 0 bridgehead atoms. The molecule has 0 aromatic carbocycles. The van der Waals surface area contributed by atoms with Crippen molar-refractivity contribution in [3.8, 4) is 0 Å². The predicted molar refractivity (Wildman–Crippen MR) is 140 cm³/mol. The number of aromatic amines is 1. The van der Waals surface area contributed by atoms with Gasteiger partial charge in [0.25, 0.3) is 36.9 Å². The van der Waals surface area contributed by atoms with Crippen molar-refractivity contribution < 1.29 is 258 Å². The number of nitrogens with zero attached hydrogens (tertiary/aromatic N) is 3. The molecule has 0 aliphatic carbocycles. The number of anilines is 1. The van der Waals surface area contributed by atoms with E-state index < -0.39 is 104 Å². The van der Waals surface area contributed by atoms with Crippen LogP contribution >= 0.6 is 31.3 Å². The molecular weight excluding hydrogens is 870 g/mol. The second-order valence-electron chi connectivity index (χ2n) is 9.66. The van der Waals surface area contributed by atoms with Crippen LogP contribution in [0.2, 0.25) is 0 Å². The first-order valence-electron chi connectivity index (χ1n) is 12.8. The Morgan fingerprint density at radius 3 is 1.83 bits per heavy atom. The molecular formula is C18H23K3LiN5O21P4. The molecule has 0 amide bonds. The SMILES string of the molecule is Nc1ccn([C@H]2C[C@@H](O)[C@@H](COP(=O)([O-])OP(=O)([O-])OP(=O)([O-])OP(=O)([O-])OC[C@H]3O[C@@H](n4ccc(=O)[nH]c4=O)[C@H](O)[C@@H]3O)O2)c(=O)n1.[K+].[K+].[K+].[Li+]. The number of phosphoric acid groups is 4. The number of nitrogens with one attached hydrogen (secondary N) is 1. The summed E-state index contributed by atoms with van der Waals surface area (Å²) in [5.41, 5.74) is 2.58. The van der Waals surface area contributed by atoms with Gasteiger partial charge in [0.2, 0.25) is 0 Å². The Morgan fingerprint density at radius 2 is 1.31 bits per heavy atom. The Labute approximate surface area is 430 Å². The zero-order chi connectivity index (χ0) is 35.8. The molecule has 2 saturated heterocycles. The van der Waals surface area contributed by atoms with Gasteiger partial charge in [0, 0.05) is 24.9 Å². The Kier molecular flexibility index (Phi) is 24.1. The Balaban J connectivity index is 0.00000650. The molecule has 11 atom stereocenters. The van der Waals surface area contributed by atoms with Gasteiger partial charge in [-0.25, -0.2) is 22.5 Å². The van der Waals surface area contributed by atoms with Gasteiger partial charge in [-0.2, -0.15) is 4.98 Å². The van der Waals surface area contributed by atoms with Gasteiger partial charge in [-0.3, -0.25) is 37.2 Å². The number of hydrogen-bond donors (Lipinski definition) is 5. The molecule has 34 heteroatoms. The maximum Gasteiger partial charge on any atom is 1.00 e. The van der Waals surface area contributed by atoms with E-state index in [4.69, 9.17) is 15.2 Å². The van der Waals surface area contributed by atoms with Gasteiger partial charge in [0.15, 0.2) is 6.23 Å². The minimum Gasteiger partial charge on any atom is -0.756 e. The van der Waals surface area contributed by atoms with E-state index in [0.717, 1.165) is 16.8 Å². The van der Waals surface area contributed by atoms with E-state index in [1.165, 1.54) is 12.3 Å². The number of aliphatic hydroxyl groups excluding tert-OH is 3. The van der Waals surface area contributed by atoms with E-state index in [2.05, 4.69) is 27.0 Å². The first-order valence-corrected chi connectivity index (χ1v) is 18.6. The number of rotatable bonds is 14. The molecule has 2 aromatic heterocycles. The number of hydrogen-bond acceptors (Lipinski definition) is 23. The molecule has 2 fully saturated rings. The largest absolute Gasteiger partial charge is 1.00 e. The van der Waals surface area contributed by atoms with Crippen LogP contribution in [0.5, 0.6) is 0 Å². The number of nitrogens with two attached hydrogens (primary N) is 1. The van der Waals surface area contributed by atoms with Gasteiger partial charge in [-0.1, -0.05) is 0 Å². The monoisotopic (exact) mass is 893 g/mol. The summed E-state index contributed by atoms with van der Waals surface area (Å²) < 4.78 is 79.0. The van der Waals surface area contributed by atoms with Crippen molar-refractivity contribution in [2.24, 2.45) is 0 Å². The second kappa shape index (κ2) is 22.7. The summed E-state index contributed by atoms with van der Waals surface area (Å²) >= 11 is 0. The van der Waals surface area contributed by atoms with Crippen molar-refractivity contribution in [1.29, 1.82) is 0 Å². The van der Waals surface area contributed by atoms with Crippen molar-refractivity contribution in [3.05, 3.63) is 55.8 Å². The van der Waals surface area contributed by atoms with E-state index in [1.54, 1.807) is 0 Å². The standard InChI is InChI=1S/C18H27N5O21P4.3K.Li/c19-11-1-3-22(17(28)20-11)13-5-8(24)9(40-13)6-38-45(30,31)42-47(34,35)44-48(36,37)43-46(32,33)39-7-10-14(26)15(27)16(41-10)23-4-2-12(25)21-18(23)29;;;;/h1-4,8-10,13-16,24,26-27H,5-7H2,(H,30,31)(H,32,33)(H,34,35)(H,36,37)(H2,19,20,28)(H,21,25,29);;;;/q;4*+1/p-4/t8-,9-,10-,13-,14-,15-,16-;;;;/m1..../s1. The minimum atomic E-state index is -6.59. The molecule has 4 unspecified atom stereocenters. The van der Waals surface area contributed by atoms with Crippen molar-refractivity contribution in [2.45, 2.75) is 49.4 Å². The Hall–Kier alpha value is 3.23. The average molecular weight is 894 g/mol. The fraction of sp³-hybridized carbons (Fsp3) is 0.556. The molecule has 0 saturated carbocycles. The van der Waals surface area contributed by atoms with Crippen LogP contribution in [0.4, 0.5) is 5.82 Å². The molecule has 52 heavy (non-hydrogen) atoms. The van der Waals surface area contributed by atoms with Crippen LogP contribution in [-0.4, -0.2) is 78.2 Å². The average Bonchev–Trinajstić information content (AvgIpc) is 3.42. The third-order valence-corrected chi connectivity index (χ3v) is 12.0. The smallest absolute Gasteiger partial charge is 0.756 e. The zero-order valence-corrected chi connectivity index (χ0v) is 40.3. The molecule has 2 aromatic rings. The van der Waals surface area contributed by atoms with E-state index in [-0.39, 0.29) is 185 Å². The maximum absolute atomic E-state index is 12.0. The quantitative estimate of drug-likeness (QED) is 0.0868. The number of aliphatic hydroxyl groups is 3. The van der Waals surface area contributed by atoms with E-state index >= 15 is 0 Å². The van der Waals surface area contributed by atoms with Gasteiger partial charge < -0.3 is 59.1 Å². The number of nitrogen functional groups attached to an aromatic ring is 1. The van der Waals surface area contributed by atoms with Crippen molar-refractivity contribution in [2.75, 3.05) is 18.9 Å². The van der Waals surface area contributed by atoms with Crippen LogP contribution in [0.25, 0.3) is 0 Å². The molecule has 4 heterocycles. The maximum atomic E-state index is 12.0. The number of aromatic nitrogens is 4. The summed E-state index contributed by atoms with van der Waals surface area (Å²) in [7, 11) is -25.4. The normalized spacial score (nSPS) is 28.6. The summed E-state index contributed by atoms with van der Waals surface area (Å²) in [6.07, 6.45) is -9.78. The van der Waals surface area contributed by atoms with Gasteiger partial charge >= 0.3 is 184 Å². The van der Waals surface area contributed by atoms with Crippen LogP contribution < -0.4 is 215 Å². The summed E-state index contributed by atoms with van der Waals surface area (Å²) in [4.78, 5) is 88.4. The zero-order valence-electron chi connectivity index (χ0n) is 27.4. The molecule has 2 aliphatic heterocycles. The summed E-state index contributed by atoms with van der Waals surface area (Å²) in [6, 6.07) is 2.07. The molecule has 0 spiro atoms. The number of ether oxygens (including phenoxy) is 2. The Morgan fingerprint density at radius 1 is 0.808 bits per heavy atom. The van der Waals surface area contributed by atoms with Crippen LogP contribution in [0.3, 0.4) is 0 Å². The van der Waals surface area contributed by atoms with Gasteiger partial charge in [-0.05, 0) is 6.07 Å². The number of H-pyrrole nitrogens is 1. The van der Waals surface area contributed by atoms with Gasteiger partial charge in [0.05, 0.1) is 19.3 Å². The fourth-order valence-corrected chi connectivity index (χ4v) is 8.93. The van der Waals surface area contributed by atoms with Gasteiger partial charge in [-0.15, -0.1) is 0 Å². The van der Waals surface area contributed by atoms with Crippen LogP contribution in [0.1, 0.15) is 18.9 Å². The Bertz CT molecular complexity index is 1890. The van der Waals surface area contributed by atoms with Crippen LogP contribution in [0, 0.1) is 0 Å². The third kappa shape index (κ3) is 16.0. The predicted octanol–water partition coefficient (Wildman–Crippen LogP) is -17.4. The molecule has 6 N–H and O–H groups in total. The topological polar surface area (TPSA) is 402 Å². The van der Waals surface area contributed by atoms with Crippen molar-refractivity contribution >= 4 is 37.1 Å². The summed E-state index contributed by atoms with van der Waals surface area (Å²) in [5, 5.41) is 30.4. The van der Waals surface area contributed by atoms with Crippen LogP contribution in [0.15, 0.2) is 38.9 Å². The van der Waals surface area contributed by atoms with Crippen LogP contribution in [-0.2, 0) is 49.7 Å². The summed E-state index contributed by atoms with van der Waals surface area (Å²) in [6.45, 7) is -2.44. The van der Waals surface area contributed by atoms with Gasteiger partial charge in [0.1, 0.15) is 36.5 Å². The minimum absolute atomic E-state index is 0. The third-order valence-electron chi connectivity index (χ3n) is 6.22. The molecule has 270 valence electrons. The van der Waals surface area contributed by atoms with E-state index in [9.17, 15) is 67.5 Å².